The first-order valence-electron chi connectivity index (χ1n) is 11.6. The molecule has 3 aromatic rings. The molecule has 1 aliphatic heterocycles. The highest BCUT2D eigenvalue weighted by Crippen LogP contribution is 2.31. The molecule has 1 aliphatic rings. The zero-order valence-electron chi connectivity index (χ0n) is 19.8. The molecule has 0 fully saturated rings. The van der Waals surface area contributed by atoms with Crippen molar-refractivity contribution < 1.29 is 14.3 Å². The lowest BCUT2D eigenvalue weighted by molar-refractivity contribution is 0.0756. The van der Waals surface area contributed by atoms with Gasteiger partial charge in [0.25, 0.3) is 11.5 Å². The predicted octanol–water partition coefficient (Wildman–Crippen LogP) is 4.56. The molecule has 1 aromatic carbocycles. The van der Waals surface area contributed by atoms with Crippen molar-refractivity contribution in [2.75, 3.05) is 20.3 Å². The zero-order valence-corrected chi connectivity index (χ0v) is 20.6. The van der Waals surface area contributed by atoms with Gasteiger partial charge in [-0.05, 0) is 56.9 Å². The number of hydrogen-bond acceptors (Lipinski definition) is 6. The molecule has 4 rings (SSSR count). The summed E-state index contributed by atoms with van der Waals surface area (Å²) in [4.78, 5) is 34.6. The molecule has 8 heteroatoms. The number of methoxy groups -OCH3 is 1. The first kappa shape index (κ1) is 23.3. The Hall–Kier alpha value is -2.87. The van der Waals surface area contributed by atoms with Gasteiger partial charge in [-0.1, -0.05) is 12.5 Å². The summed E-state index contributed by atoms with van der Waals surface area (Å²) in [6.45, 7) is 8.00. The normalized spacial score (nSPS) is 13.5. The molecule has 0 saturated heterocycles. The van der Waals surface area contributed by atoms with Crippen LogP contribution >= 0.6 is 11.3 Å². The summed E-state index contributed by atoms with van der Waals surface area (Å²) in [5, 5.41) is 0.591. The van der Waals surface area contributed by atoms with Gasteiger partial charge in [0.15, 0.2) is 11.5 Å². The minimum absolute atomic E-state index is 0.0102. The molecule has 0 atom stereocenters. The van der Waals surface area contributed by atoms with Crippen LogP contribution in [0.5, 0.6) is 11.5 Å². The van der Waals surface area contributed by atoms with Gasteiger partial charge in [-0.15, -0.1) is 11.3 Å². The van der Waals surface area contributed by atoms with Crippen molar-refractivity contribution in [3.63, 3.8) is 0 Å². The number of ether oxygens (including phenoxy) is 2. The van der Waals surface area contributed by atoms with Gasteiger partial charge < -0.3 is 14.4 Å². The van der Waals surface area contributed by atoms with E-state index < -0.39 is 0 Å². The van der Waals surface area contributed by atoms with E-state index in [4.69, 9.17) is 14.5 Å². The molecular formula is C25H31N3O4S. The Bertz CT molecular complexity index is 1230. The minimum atomic E-state index is -0.0783. The highest BCUT2D eigenvalue weighted by Gasteiger charge is 2.25. The van der Waals surface area contributed by atoms with Crippen LogP contribution in [0.1, 0.15) is 59.7 Å². The lowest BCUT2D eigenvalue weighted by Crippen LogP contribution is -2.30. The average Bonchev–Trinajstić information content (AvgIpc) is 2.98. The van der Waals surface area contributed by atoms with E-state index in [0.717, 1.165) is 42.6 Å². The highest BCUT2D eigenvalue weighted by molar-refractivity contribution is 7.20. The Morgan fingerprint density at radius 2 is 2.03 bits per heavy atom. The first-order valence-corrected chi connectivity index (χ1v) is 12.4. The maximum Gasteiger partial charge on any atom is 0.264 e. The molecule has 0 radical (unpaired) electrons. The summed E-state index contributed by atoms with van der Waals surface area (Å²) in [6, 6.07) is 5.73. The van der Waals surface area contributed by atoms with Gasteiger partial charge in [0.2, 0.25) is 0 Å². The highest BCUT2D eigenvalue weighted by atomic mass is 32.1. The van der Waals surface area contributed by atoms with Crippen LogP contribution in [0.2, 0.25) is 0 Å². The number of thiophene rings is 1. The minimum Gasteiger partial charge on any atom is -0.493 e. The lowest BCUT2D eigenvalue weighted by atomic mass is 10.1. The third-order valence-electron chi connectivity index (χ3n) is 6.18. The molecule has 0 unspecified atom stereocenters. The van der Waals surface area contributed by atoms with Crippen molar-refractivity contribution in [1.29, 1.82) is 0 Å². The smallest absolute Gasteiger partial charge is 0.264 e. The SMILES string of the molecule is CCOc1ccc(CN(CC)C(=O)c2sc3nc4n(c(=O)c3c2C)CCCCC4)cc1OC. The van der Waals surface area contributed by atoms with E-state index in [1.807, 2.05) is 43.5 Å². The van der Waals surface area contributed by atoms with E-state index in [0.29, 0.717) is 52.8 Å². The average molecular weight is 470 g/mol. The number of amides is 1. The Morgan fingerprint density at radius 3 is 2.76 bits per heavy atom. The van der Waals surface area contributed by atoms with Crippen molar-refractivity contribution in [2.45, 2.75) is 59.5 Å². The fourth-order valence-corrected chi connectivity index (χ4v) is 5.55. The number of aryl methyl sites for hydroxylation is 2. The Kier molecular flexibility index (Phi) is 7.02. The number of rotatable bonds is 7. The second-order valence-corrected chi connectivity index (χ2v) is 9.27. The van der Waals surface area contributed by atoms with Gasteiger partial charge in [0.05, 0.1) is 24.0 Å². The van der Waals surface area contributed by atoms with E-state index in [-0.39, 0.29) is 11.5 Å². The fraction of sp³-hybridized carbons (Fsp3) is 0.480. The lowest BCUT2D eigenvalue weighted by Gasteiger charge is -2.21. The second kappa shape index (κ2) is 9.95. The largest absolute Gasteiger partial charge is 0.493 e. The van der Waals surface area contributed by atoms with Crippen LogP contribution in [-0.2, 0) is 19.5 Å². The molecule has 0 aliphatic carbocycles. The molecule has 3 heterocycles. The maximum atomic E-state index is 13.5. The quantitative estimate of drug-likeness (QED) is 0.507. The number of carbonyl (C=O) groups excluding carboxylic acids is 1. The van der Waals surface area contributed by atoms with E-state index in [9.17, 15) is 9.59 Å². The number of fused-ring (bicyclic) bond motifs is 2. The summed E-state index contributed by atoms with van der Waals surface area (Å²) in [5.74, 6) is 2.10. The van der Waals surface area contributed by atoms with E-state index in [2.05, 4.69) is 0 Å². The second-order valence-electron chi connectivity index (χ2n) is 8.27. The summed E-state index contributed by atoms with van der Waals surface area (Å²) in [7, 11) is 1.61. The van der Waals surface area contributed by atoms with Crippen molar-refractivity contribution >= 4 is 27.5 Å². The standard InChI is InChI=1S/C25H31N3O4S/c1-5-27(15-17-11-12-18(32-6-2)19(14-17)31-4)25(30)22-16(3)21-23(33-22)26-20-10-8-7-9-13-28(20)24(21)29/h11-12,14H,5-10,13,15H2,1-4H3. The van der Waals surface area contributed by atoms with E-state index in [1.54, 1.807) is 12.0 Å². The van der Waals surface area contributed by atoms with Gasteiger partial charge in [0, 0.05) is 26.1 Å². The molecule has 176 valence electrons. The zero-order chi connectivity index (χ0) is 23.5. The molecule has 7 nitrogen and oxygen atoms in total. The summed E-state index contributed by atoms with van der Waals surface area (Å²) >= 11 is 1.34. The third-order valence-corrected chi connectivity index (χ3v) is 7.35. The van der Waals surface area contributed by atoms with Crippen LogP contribution < -0.4 is 15.0 Å². The Morgan fingerprint density at radius 1 is 1.21 bits per heavy atom. The molecule has 0 saturated carbocycles. The number of hydrogen-bond donors (Lipinski definition) is 0. The number of nitrogens with zero attached hydrogens (tertiary/aromatic N) is 3. The van der Waals surface area contributed by atoms with Gasteiger partial charge in [-0.2, -0.15) is 0 Å². The molecule has 2 aromatic heterocycles. The van der Waals surface area contributed by atoms with Crippen LogP contribution in [-0.4, -0.2) is 40.6 Å². The Balaban J connectivity index is 1.66. The van der Waals surface area contributed by atoms with Crippen LogP contribution in [0.4, 0.5) is 0 Å². The van der Waals surface area contributed by atoms with E-state index in [1.165, 1.54) is 11.3 Å². The molecule has 0 bridgehead atoms. The fourth-order valence-electron chi connectivity index (χ4n) is 4.39. The number of aromatic nitrogens is 2. The van der Waals surface area contributed by atoms with Crippen LogP contribution in [0.3, 0.4) is 0 Å². The Labute approximate surface area is 198 Å². The van der Waals surface area contributed by atoms with Crippen molar-refractivity contribution in [3.8, 4) is 11.5 Å². The first-order chi connectivity index (χ1) is 16.0. The third kappa shape index (κ3) is 4.49. The van der Waals surface area contributed by atoms with E-state index >= 15 is 0 Å². The molecule has 0 N–H and O–H groups in total. The van der Waals surface area contributed by atoms with Gasteiger partial charge in [-0.3, -0.25) is 14.2 Å². The van der Waals surface area contributed by atoms with Gasteiger partial charge in [-0.25, -0.2) is 4.98 Å². The molecule has 0 spiro atoms. The van der Waals surface area contributed by atoms with Crippen molar-refractivity contribution in [3.05, 3.63) is 50.4 Å². The van der Waals surface area contributed by atoms with Crippen LogP contribution in [0, 0.1) is 6.92 Å². The topological polar surface area (TPSA) is 73.7 Å². The summed E-state index contributed by atoms with van der Waals surface area (Å²) in [6.07, 6.45) is 3.96. The van der Waals surface area contributed by atoms with Crippen LogP contribution in [0.15, 0.2) is 23.0 Å². The molecule has 33 heavy (non-hydrogen) atoms. The number of carbonyl (C=O) groups is 1. The molecule has 1 amide bonds. The monoisotopic (exact) mass is 469 g/mol. The van der Waals surface area contributed by atoms with Crippen LogP contribution in [0.25, 0.3) is 10.2 Å². The van der Waals surface area contributed by atoms with Crippen molar-refractivity contribution in [2.24, 2.45) is 0 Å². The number of benzene rings is 1. The van der Waals surface area contributed by atoms with Crippen molar-refractivity contribution in [1.82, 2.24) is 14.5 Å². The predicted molar refractivity (Wildman–Crippen MR) is 131 cm³/mol. The van der Waals surface area contributed by atoms with Gasteiger partial charge >= 0.3 is 0 Å². The summed E-state index contributed by atoms with van der Waals surface area (Å²) < 4.78 is 12.9. The molecular weight excluding hydrogens is 438 g/mol. The van der Waals surface area contributed by atoms with Gasteiger partial charge in [0.1, 0.15) is 10.7 Å². The maximum absolute atomic E-state index is 13.5. The summed E-state index contributed by atoms with van der Waals surface area (Å²) in [5.41, 5.74) is 1.68.